The number of rotatable bonds is 9. The van der Waals surface area contributed by atoms with E-state index in [2.05, 4.69) is 41.5 Å². The summed E-state index contributed by atoms with van der Waals surface area (Å²) < 4.78 is 3.59. The fourth-order valence-electron chi connectivity index (χ4n) is 3.84. The smallest absolute Gasteiger partial charge is 0.262 e. The lowest BCUT2D eigenvalue weighted by molar-refractivity contribution is -0.120. The van der Waals surface area contributed by atoms with Gasteiger partial charge in [0.25, 0.3) is 5.56 Å². The van der Waals surface area contributed by atoms with E-state index in [1.807, 2.05) is 53.8 Å². The maximum Gasteiger partial charge on any atom is 0.262 e. The summed E-state index contributed by atoms with van der Waals surface area (Å²) in [6.07, 6.45) is 1.85. The van der Waals surface area contributed by atoms with Crippen molar-refractivity contribution in [3.05, 3.63) is 70.5 Å². The van der Waals surface area contributed by atoms with Gasteiger partial charge in [0.2, 0.25) is 11.7 Å². The lowest BCUT2D eigenvalue weighted by atomic mass is 10.0. The summed E-state index contributed by atoms with van der Waals surface area (Å²) in [4.78, 5) is 25.9. The second-order valence-electron chi connectivity index (χ2n) is 8.26. The van der Waals surface area contributed by atoms with Crippen molar-refractivity contribution in [1.29, 1.82) is 0 Å². The number of hydrogen-bond acceptors (Lipinski definition) is 5. The van der Waals surface area contributed by atoms with Crippen LogP contribution >= 0.6 is 11.8 Å². The van der Waals surface area contributed by atoms with Gasteiger partial charge < -0.3 is 5.32 Å². The molecule has 0 radical (unpaired) electrons. The first-order valence-electron chi connectivity index (χ1n) is 11.4. The van der Waals surface area contributed by atoms with Crippen LogP contribution in [0.4, 0.5) is 0 Å². The molecule has 0 aliphatic rings. The zero-order chi connectivity index (χ0) is 23.4. The number of aryl methyl sites for hydroxylation is 1. The van der Waals surface area contributed by atoms with Crippen molar-refractivity contribution in [2.75, 3.05) is 6.54 Å². The molecule has 2 unspecified atom stereocenters. The second-order valence-corrected chi connectivity index (χ2v) is 9.57. The van der Waals surface area contributed by atoms with Crippen LogP contribution in [0.25, 0.3) is 16.7 Å². The fraction of sp³-hybridized carbons (Fsp3) is 0.360. The second kappa shape index (κ2) is 10.2. The summed E-state index contributed by atoms with van der Waals surface area (Å²) in [5, 5.41) is 12.6. The van der Waals surface area contributed by atoms with Gasteiger partial charge in [-0.15, -0.1) is 10.2 Å². The molecule has 2 heterocycles. The van der Waals surface area contributed by atoms with Crippen LogP contribution in [0.5, 0.6) is 0 Å². The van der Waals surface area contributed by atoms with Crippen molar-refractivity contribution < 1.29 is 4.79 Å². The van der Waals surface area contributed by atoms with Gasteiger partial charge in [-0.3, -0.25) is 18.6 Å². The SMILES string of the molecule is CCCCn1c(=O)c2ccccc2n2c(SC(C)C(=O)NCC(C)c3ccccc3)nnc12. The molecule has 0 saturated heterocycles. The third kappa shape index (κ3) is 4.80. The highest BCUT2D eigenvalue weighted by Gasteiger charge is 2.21. The molecule has 0 saturated carbocycles. The molecule has 2 atom stereocenters. The van der Waals surface area contributed by atoms with Gasteiger partial charge in [-0.1, -0.05) is 74.5 Å². The normalized spacial score (nSPS) is 13.3. The van der Waals surface area contributed by atoms with E-state index in [-0.39, 0.29) is 22.6 Å². The number of para-hydroxylation sites is 1. The van der Waals surface area contributed by atoms with Crippen molar-refractivity contribution in [3.8, 4) is 0 Å². The Bertz CT molecular complexity index is 1320. The quantitative estimate of drug-likeness (QED) is 0.376. The summed E-state index contributed by atoms with van der Waals surface area (Å²) >= 11 is 1.35. The predicted octanol–water partition coefficient (Wildman–Crippen LogP) is 4.24. The van der Waals surface area contributed by atoms with Gasteiger partial charge in [-0.25, -0.2) is 0 Å². The number of hydrogen-bond donors (Lipinski definition) is 1. The molecule has 0 aliphatic carbocycles. The van der Waals surface area contributed by atoms with Crippen LogP contribution in [0.15, 0.2) is 64.5 Å². The number of thioether (sulfide) groups is 1. The molecule has 172 valence electrons. The van der Waals surface area contributed by atoms with Crippen LogP contribution in [0.1, 0.15) is 45.1 Å². The minimum absolute atomic E-state index is 0.0526. The number of carbonyl (C=O) groups is 1. The number of nitrogens with zero attached hydrogens (tertiary/aromatic N) is 4. The van der Waals surface area contributed by atoms with Crippen molar-refractivity contribution in [2.45, 2.75) is 56.5 Å². The Morgan fingerprint density at radius 2 is 1.79 bits per heavy atom. The Morgan fingerprint density at radius 3 is 2.55 bits per heavy atom. The van der Waals surface area contributed by atoms with Crippen LogP contribution in [0, 0.1) is 0 Å². The average Bonchev–Trinajstić information content (AvgIpc) is 3.26. The first-order valence-corrected chi connectivity index (χ1v) is 12.2. The van der Waals surface area contributed by atoms with Crippen molar-refractivity contribution in [3.63, 3.8) is 0 Å². The van der Waals surface area contributed by atoms with E-state index >= 15 is 0 Å². The number of unbranched alkanes of at least 4 members (excludes halogenated alkanes) is 1. The zero-order valence-corrected chi connectivity index (χ0v) is 20.0. The summed E-state index contributed by atoms with van der Waals surface area (Å²) in [6, 6.07) is 17.6. The Morgan fingerprint density at radius 1 is 1.06 bits per heavy atom. The van der Waals surface area contributed by atoms with Crippen molar-refractivity contribution in [1.82, 2.24) is 24.5 Å². The number of nitrogens with one attached hydrogen (secondary N) is 1. The molecule has 4 rings (SSSR count). The molecule has 0 fully saturated rings. The highest BCUT2D eigenvalue weighted by molar-refractivity contribution is 8.00. The minimum atomic E-state index is -0.366. The average molecular weight is 464 g/mol. The van der Waals surface area contributed by atoms with E-state index < -0.39 is 0 Å². The number of carbonyl (C=O) groups excluding carboxylic acids is 1. The summed E-state index contributed by atoms with van der Waals surface area (Å²) in [5.41, 5.74) is 1.89. The van der Waals surface area contributed by atoms with Gasteiger partial charge in [0.15, 0.2) is 5.16 Å². The Labute approximate surface area is 197 Å². The first kappa shape index (κ1) is 23.0. The number of fused-ring (bicyclic) bond motifs is 3. The minimum Gasteiger partial charge on any atom is -0.355 e. The molecule has 8 heteroatoms. The molecule has 2 aromatic heterocycles. The molecule has 0 bridgehead atoms. The topological polar surface area (TPSA) is 81.3 Å². The highest BCUT2D eigenvalue weighted by Crippen LogP contribution is 2.25. The van der Waals surface area contributed by atoms with Gasteiger partial charge in [0.05, 0.1) is 16.2 Å². The standard InChI is InChI=1S/C25H29N5O2S/c1-4-5-15-29-23(32)20-13-9-10-14-21(20)30-24(29)27-28-25(30)33-18(3)22(31)26-16-17(2)19-11-7-6-8-12-19/h6-14,17-18H,4-5,15-16H2,1-3H3,(H,26,31). The van der Waals surface area contributed by atoms with E-state index in [9.17, 15) is 9.59 Å². The van der Waals surface area contributed by atoms with Crippen LogP contribution in [0.3, 0.4) is 0 Å². The summed E-state index contributed by atoms with van der Waals surface area (Å²) in [6.45, 7) is 7.20. The predicted molar refractivity (Wildman–Crippen MR) is 133 cm³/mol. The largest absolute Gasteiger partial charge is 0.355 e. The third-order valence-electron chi connectivity index (χ3n) is 5.82. The van der Waals surface area contributed by atoms with Crippen molar-refractivity contribution in [2.24, 2.45) is 0 Å². The van der Waals surface area contributed by atoms with Gasteiger partial charge in [-0.2, -0.15) is 0 Å². The fourth-order valence-corrected chi connectivity index (χ4v) is 4.72. The maximum absolute atomic E-state index is 13.1. The third-order valence-corrected chi connectivity index (χ3v) is 6.86. The van der Waals surface area contributed by atoms with Crippen LogP contribution in [0.2, 0.25) is 0 Å². The van der Waals surface area contributed by atoms with E-state index in [0.29, 0.717) is 29.4 Å². The molecule has 4 aromatic rings. The lowest BCUT2D eigenvalue weighted by Crippen LogP contribution is -2.33. The van der Waals surface area contributed by atoms with E-state index in [1.54, 1.807) is 4.57 Å². The van der Waals surface area contributed by atoms with E-state index in [1.165, 1.54) is 17.3 Å². The number of aromatic nitrogens is 4. The molecule has 1 amide bonds. The van der Waals surface area contributed by atoms with Crippen molar-refractivity contribution >= 4 is 34.3 Å². The molecular weight excluding hydrogens is 434 g/mol. The Hall–Kier alpha value is -3.13. The number of benzene rings is 2. The number of amides is 1. The monoisotopic (exact) mass is 463 g/mol. The lowest BCUT2D eigenvalue weighted by Gasteiger charge is -2.16. The van der Waals surface area contributed by atoms with Crippen LogP contribution in [-0.2, 0) is 11.3 Å². The van der Waals surface area contributed by atoms with E-state index in [4.69, 9.17) is 0 Å². The first-order chi connectivity index (χ1) is 16.0. The zero-order valence-electron chi connectivity index (χ0n) is 19.2. The maximum atomic E-state index is 13.1. The summed E-state index contributed by atoms with van der Waals surface area (Å²) in [5.74, 6) is 0.682. The highest BCUT2D eigenvalue weighted by atomic mass is 32.2. The van der Waals surface area contributed by atoms with Gasteiger partial charge >= 0.3 is 0 Å². The van der Waals surface area contributed by atoms with Gasteiger partial charge in [0.1, 0.15) is 0 Å². The summed E-state index contributed by atoms with van der Waals surface area (Å²) in [7, 11) is 0. The van der Waals surface area contributed by atoms with Crippen LogP contribution in [-0.4, -0.2) is 36.9 Å². The molecule has 7 nitrogen and oxygen atoms in total. The Balaban J connectivity index is 1.58. The Kier molecular flexibility index (Phi) is 7.13. The molecule has 33 heavy (non-hydrogen) atoms. The van der Waals surface area contributed by atoms with E-state index in [0.717, 1.165) is 18.4 Å². The molecular formula is C25H29N5O2S. The van der Waals surface area contributed by atoms with Gasteiger partial charge in [-0.05, 0) is 37.0 Å². The van der Waals surface area contributed by atoms with Crippen LogP contribution < -0.4 is 10.9 Å². The molecule has 1 N–H and O–H groups in total. The molecule has 0 spiro atoms. The molecule has 2 aromatic carbocycles. The molecule has 0 aliphatic heterocycles. The van der Waals surface area contributed by atoms with Gasteiger partial charge in [0, 0.05) is 13.1 Å².